The minimum atomic E-state index is -3.67. The van der Waals surface area contributed by atoms with Gasteiger partial charge in [-0.1, -0.05) is 17.7 Å². The van der Waals surface area contributed by atoms with E-state index in [9.17, 15) is 13.7 Å². The molecule has 0 spiro atoms. The summed E-state index contributed by atoms with van der Waals surface area (Å²) in [5.74, 6) is -0.00150. The molecule has 1 saturated carbocycles. The van der Waals surface area contributed by atoms with Crippen molar-refractivity contribution in [3.8, 4) is 6.07 Å². The summed E-state index contributed by atoms with van der Waals surface area (Å²) in [4.78, 5) is 11.0. The van der Waals surface area contributed by atoms with E-state index in [1.54, 1.807) is 19.9 Å². The average molecular weight is 432 g/mol. The Labute approximate surface area is 175 Å². The van der Waals surface area contributed by atoms with Crippen LogP contribution in [-0.4, -0.2) is 30.5 Å². The van der Waals surface area contributed by atoms with Gasteiger partial charge in [0.25, 0.3) is 0 Å². The SMILES string of the molecule is CC(C)NS(=O)(=O)c1cnc(C2C(C#N)c3ccc(Cl)cc3N2C2CCC2)nc1. The molecule has 2 aliphatic rings. The molecule has 0 radical (unpaired) electrons. The minimum Gasteiger partial charge on any atom is -0.356 e. The number of sulfonamides is 1. The van der Waals surface area contributed by atoms with E-state index in [1.165, 1.54) is 12.4 Å². The number of hydrogen-bond acceptors (Lipinski definition) is 6. The Kier molecular flexibility index (Phi) is 5.23. The lowest BCUT2D eigenvalue weighted by molar-refractivity contribution is 0.358. The van der Waals surface area contributed by atoms with Crippen molar-refractivity contribution in [2.45, 2.75) is 62.0 Å². The normalized spacial score (nSPS) is 21.7. The number of halogens is 1. The van der Waals surface area contributed by atoms with Crippen LogP contribution in [0.1, 0.15) is 56.5 Å². The minimum absolute atomic E-state index is 0.0113. The first kappa shape index (κ1) is 20.1. The highest BCUT2D eigenvalue weighted by atomic mass is 35.5. The summed E-state index contributed by atoms with van der Waals surface area (Å²) in [6, 6.07) is 7.67. The van der Waals surface area contributed by atoms with Gasteiger partial charge in [0.15, 0.2) is 5.82 Å². The van der Waals surface area contributed by atoms with Crippen molar-refractivity contribution < 1.29 is 8.42 Å². The molecule has 1 N–H and O–H groups in total. The molecule has 0 bridgehead atoms. The summed E-state index contributed by atoms with van der Waals surface area (Å²) < 4.78 is 27.3. The zero-order valence-electron chi connectivity index (χ0n) is 16.2. The summed E-state index contributed by atoms with van der Waals surface area (Å²) in [6.07, 6.45) is 5.84. The van der Waals surface area contributed by atoms with Crippen LogP contribution >= 0.6 is 11.6 Å². The number of rotatable bonds is 5. The third-order valence-electron chi connectivity index (χ3n) is 5.44. The van der Waals surface area contributed by atoms with E-state index in [0.29, 0.717) is 16.9 Å². The highest BCUT2D eigenvalue weighted by Gasteiger charge is 2.45. The van der Waals surface area contributed by atoms with Gasteiger partial charge in [0.05, 0.1) is 18.5 Å². The Balaban J connectivity index is 1.74. The molecular weight excluding hydrogens is 410 g/mol. The van der Waals surface area contributed by atoms with Gasteiger partial charge in [-0.05, 0) is 50.8 Å². The van der Waals surface area contributed by atoms with Crippen molar-refractivity contribution in [3.05, 3.63) is 47.0 Å². The van der Waals surface area contributed by atoms with E-state index >= 15 is 0 Å². The topological polar surface area (TPSA) is 99.0 Å². The number of anilines is 1. The van der Waals surface area contributed by atoms with E-state index in [4.69, 9.17) is 11.6 Å². The lowest BCUT2D eigenvalue weighted by atomic mass is 9.89. The fraction of sp³-hybridized carbons (Fsp3) is 0.450. The van der Waals surface area contributed by atoms with Gasteiger partial charge in [-0.3, -0.25) is 0 Å². The summed E-state index contributed by atoms with van der Waals surface area (Å²) >= 11 is 6.24. The van der Waals surface area contributed by atoms with Gasteiger partial charge in [0.2, 0.25) is 10.0 Å². The number of nitrogens with zero attached hydrogens (tertiary/aromatic N) is 4. The van der Waals surface area contributed by atoms with Gasteiger partial charge in [0, 0.05) is 22.8 Å². The van der Waals surface area contributed by atoms with Crippen molar-refractivity contribution in [1.29, 1.82) is 5.26 Å². The molecule has 29 heavy (non-hydrogen) atoms. The van der Waals surface area contributed by atoms with E-state index < -0.39 is 15.9 Å². The molecule has 2 atom stereocenters. The summed E-state index contributed by atoms with van der Waals surface area (Å²) in [6.45, 7) is 3.50. The molecule has 1 aliphatic heterocycles. The van der Waals surface area contributed by atoms with E-state index in [2.05, 4.69) is 25.7 Å². The van der Waals surface area contributed by atoms with E-state index in [0.717, 1.165) is 30.5 Å². The van der Waals surface area contributed by atoms with Gasteiger partial charge < -0.3 is 4.90 Å². The zero-order valence-corrected chi connectivity index (χ0v) is 17.8. The molecule has 1 aliphatic carbocycles. The molecule has 0 saturated heterocycles. The summed E-state index contributed by atoms with van der Waals surface area (Å²) in [5.41, 5.74) is 1.86. The number of benzene rings is 1. The van der Waals surface area contributed by atoms with Crippen LogP contribution in [0.2, 0.25) is 5.02 Å². The second kappa shape index (κ2) is 7.56. The highest BCUT2D eigenvalue weighted by Crippen LogP contribution is 2.52. The fourth-order valence-electron chi connectivity index (χ4n) is 3.98. The van der Waals surface area contributed by atoms with Crippen molar-refractivity contribution >= 4 is 27.3 Å². The van der Waals surface area contributed by atoms with Crippen LogP contribution in [0.25, 0.3) is 0 Å². The second-order valence-electron chi connectivity index (χ2n) is 7.80. The van der Waals surface area contributed by atoms with Crippen molar-refractivity contribution in [2.24, 2.45) is 0 Å². The van der Waals surface area contributed by atoms with Crippen molar-refractivity contribution in [1.82, 2.24) is 14.7 Å². The molecule has 4 rings (SSSR count). The van der Waals surface area contributed by atoms with Gasteiger partial charge in [-0.25, -0.2) is 23.1 Å². The van der Waals surface area contributed by atoms with Gasteiger partial charge in [-0.15, -0.1) is 0 Å². The van der Waals surface area contributed by atoms with Crippen LogP contribution in [0.4, 0.5) is 5.69 Å². The predicted molar refractivity (Wildman–Crippen MR) is 110 cm³/mol. The molecule has 1 fully saturated rings. The second-order valence-corrected chi connectivity index (χ2v) is 9.95. The molecule has 7 nitrogen and oxygen atoms in total. The average Bonchev–Trinajstić information content (AvgIpc) is 2.93. The standard InChI is InChI=1S/C20H22ClN5O2S/c1-12(2)25-29(27,28)15-10-23-20(24-11-15)19-17(9-22)16-7-6-13(21)8-18(16)26(19)14-4-3-5-14/h6-8,10-12,14,17,19,25H,3-5H2,1-2H3. The Morgan fingerprint density at radius 2 is 1.97 bits per heavy atom. The first-order valence-electron chi connectivity index (χ1n) is 9.63. The van der Waals surface area contributed by atoms with Crippen LogP contribution in [0.5, 0.6) is 0 Å². The molecule has 2 unspecified atom stereocenters. The molecule has 2 heterocycles. The maximum Gasteiger partial charge on any atom is 0.243 e. The monoisotopic (exact) mass is 431 g/mol. The molecular formula is C20H22ClN5O2S. The quantitative estimate of drug-likeness (QED) is 0.777. The van der Waals surface area contributed by atoms with E-state index in [1.807, 2.05) is 12.1 Å². The third-order valence-corrected chi connectivity index (χ3v) is 7.29. The number of fused-ring (bicyclic) bond motifs is 1. The third kappa shape index (κ3) is 3.59. The van der Waals surface area contributed by atoms with Crippen LogP contribution in [0.15, 0.2) is 35.5 Å². The van der Waals surface area contributed by atoms with Crippen LogP contribution in [0, 0.1) is 11.3 Å². The Morgan fingerprint density at radius 1 is 1.28 bits per heavy atom. The first-order chi connectivity index (χ1) is 13.8. The van der Waals surface area contributed by atoms with Crippen molar-refractivity contribution in [3.63, 3.8) is 0 Å². The number of nitrogens with one attached hydrogen (secondary N) is 1. The zero-order chi connectivity index (χ0) is 20.8. The predicted octanol–water partition coefficient (Wildman–Crippen LogP) is 3.54. The molecule has 152 valence electrons. The molecule has 1 aromatic carbocycles. The highest BCUT2D eigenvalue weighted by molar-refractivity contribution is 7.89. The van der Waals surface area contributed by atoms with Crippen LogP contribution in [-0.2, 0) is 10.0 Å². The number of nitriles is 1. The molecule has 0 amide bonds. The number of aromatic nitrogens is 2. The summed E-state index contributed by atoms with van der Waals surface area (Å²) in [7, 11) is -3.67. The Morgan fingerprint density at radius 3 is 2.52 bits per heavy atom. The molecule has 2 aromatic rings. The number of hydrogen-bond donors (Lipinski definition) is 1. The smallest absolute Gasteiger partial charge is 0.243 e. The Bertz CT molecular complexity index is 1060. The van der Waals surface area contributed by atoms with Gasteiger partial charge in [-0.2, -0.15) is 5.26 Å². The maximum atomic E-state index is 12.4. The lowest BCUT2D eigenvalue weighted by Crippen LogP contribution is -2.42. The molecule has 1 aromatic heterocycles. The van der Waals surface area contributed by atoms with E-state index in [-0.39, 0.29) is 17.0 Å². The largest absolute Gasteiger partial charge is 0.356 e. The fourth-order valence-corrected chi connectivity index (χ4v) is 5.29. The Hall–Kier alpha value is -2.21. The first-order valence-corrected chi connectivity index (χ1v) is 11.5. The lowest BCUT2D eigenvalue weighted by Gasteiger charge is -2.40. The molecule has 9 heteroatoms. The van der Waals surface area contributed by atoms with Crippen molar-refractivity contribution in [2.75, 3.05) is 4.90 Å². The maximum absolute atomic E-state index is 12.4. The van der Waals surface area contributed by atoms with Crippen LogP contribution in [0.3, 0.4) is 0 Å². The van der Waals surface area contributed by atoms with Gasteiger partial charge in [0.1, 0.15) is 16.9 Å². The summed E-state index contributed by atoms with van der Waals surface area (Å²) in [5, 5.41) is 10.5. The van der Waals surface area contributed by atoms with Crippen LogP contribution < -0.4 is 9.62 Å². The van der Waals surface area contributed by atoms with Gasteiger partial charge >= 0.3 is 0 Å².